The van der Waals surface area contributed by atoms with Crippen LogP contribution in [0.15, 0.2) is 36.4 Å². The minimum absolute atomic E-state index is 0.485. The summed E-state index contributed by atoms with van der Waals surface area (Å²) in [7, 11) is 3.44. The Morgan fingerprint density at radius 2 is 1.89 bits per heavy atom. The maximum atomic E-state index is 6.05. The normalized spacial score (nSPS) is 10.3. The zero-order valence-corrected chi connectivity index (χ0v) is 11.6. The summed E-state index contributed by atoms with van der Waals surface area (Å²) in [5.74, 6) is 1.77. The van der Waals surface area contributed by atoms with Gasteiger partial charge >= 0.3 is 0 Å². The standard InChI is InChI=1S/C14H15ClN2O2/c1-16-9-11-10(15)7-8-14(17-11)19-13-6-4-3-5-12(13)18-2/h3-8,16H,9H2,1-2H3. The smallest absolute Gasteiger partial charge is 0.219 e. The highest BCUT2D eigenvalue weighted by molar-refractivity contribution is 6.31. The second-order valence-corrected chi connectivity index (χ2v) is 4.27. The van der Waals surface area contributed by atoms with Gasteiger partial charge in [0, 0.05) is 12.6 Å². The van der Waals surface area contributed by atoms with Gasteiger partial charge in [-0.1, -0.05) is 23.7 Å². The average molecular weight is 279 g/mol. The summed E-state index contributed by atoms with van der Waals surface area (Å²) in [5.41, 5.74) is 0.747. The van der Waals surface area contributed by atoms with Gasteiger partial charge in [-0.3, -0.25) is 0 Å². The molecule has 1 heterocycles. The predicted octanol–water partition coefficient (Wildman–Crippen LogP) is 3.26. The Morgan fingerprint density at radius 1 is 1.16 bits per heavy atom. The first-order valence-corrected chi connectivity index (χ1v) is 6.23. The fourth-order valence-corrected chi connectivity index (χ4v) is 1.80. The van der Waals surface area contributed by atoms with Crippen LogP contribution >= 0.6 is 11.6 Å². The van der Waals surface area contributed by atoms with Crippen molar-refractivity contribution in [1.29, 1.82) is 0 Å². The van der Waals surface area contributed by atoms with Crippen molar-refractivity contribution in [3.05, 3.63) is 47.1 Å². The van der Waals surface area contributed by atoms with E-state index in [2.05, 4.69) is 10.3 Å². The molecule has 0 saturated carbocycles. The monoisotopic (exact) mass is 278 g/mol. The first-order chi connectivity index (χ1) is 9.24. The Kier molecular flexibility index (Phi) is 4.60. The molecular formula is C14H15ClN2O2. The molecule has 4 nitrogen and oxygen atoms in total. The van der Waals surface area contributed by atoms with Gasteiger partial charge < -0.3 is 14.8 Å². The summed E-state index contributed by atoms with van der Waals surface area (Å²) < 4.78 is 10.9. The third kappa shape index (κ3) is 3.36. The lowest BCUT2D eigenvalue weighted by atomic mass is 10.3. The molecule has 2 rings (SSSR count). The van der Waals surface area contributed by atoms with Gasteiger partial charge in [0.2, 0.25) is 5.88 Å². The molecule has 19 heavy (non-hydrogen) atoms. The topological polar surface area (TPSA) is 43.4 Å². The number of hydrogen-bond acceptors (Lipinski definition) is 4. The number of pyridine rings is 1. The lowest BCUT2D eigenvalue weighted by molar-refractivity contribution is 0.373. The van der Waals surface area contributed by atoms with Crippen LogP contribution in [0.2, 0.25) is 5.02 Å². The van der Waals surface area contributed by atoms with Crippen LogP contribution < -0.4 is 14.8 Å². The Labute approximate surface area is 117 Å². The molecule has 0 saturated heterocycles. The number of hydrogen-bond donors (Lipinski definition) is 1. The fourth-order valence-electron chi connectivity index (χ4n) is 1.63. The third-order valence-electron chi connectivity index (χ3n) is 2.52. The van der Waals surface area contributed by atoms with Gasteiger partial charge in [0.1, 0.15) is 0 Å². The summed E-state index contributed by atoms with van der Waals surface area (Å²) in [6, 6.07) is 10.9. The highest BCUT2D eigenvalue weighted by Gasteiger charge is 2.08. The van der Waals surface area contributed by atoms with Crippen LogP contribution in [0.25, 0.3) is 0 Å². The molecule has 5 heteroatoms. The molecule has 1 aromatic heterocycles. The fraction of sp³-hybridized carbons (Fsp3) is 0.214. The Bertz CT molecular complexity index is 561. The van der Waals surface area contributed by atoms with Gasteiger partial charge in [-0.2, -0.15) is 0 Å². The van der Waals surface area contributed by atoms with E-state index < -0.39 is 0 Å². The molecule has 0 aliphatic heterocycles. The number of methoxy groups -OCH3 is 1. The van der Waals surface area contributed by atoms with Crippen molar-refractivity contribution in [2.75, 3.05) is 14.2 Å². The molecule has 0 aliphatic rings. The van der Waals surface area contributed by atoms with E-state index in [1.807, 2.05) is 31.3 Å². The Balaban J connectivity index is 2.25. The number of rotatable bonds is 5. The van der Waals surface area contributed by atoms with Crippen molar-refractivity contribution in [2.45, 2.75) is 6.54 Å². The quantitative estimate of drug-likeness (QED) is 0.912. The number of para-hydroxylation sites is 2. The van der Waals surface area contributed by atoms with Crippen LogP contribution in [0.5, 0.6) is 17.4 Å². The van der Waals surface area contributed by atoms with Gasteiger partial charge in [-0.15, -0.1) is 0 Å². The average Bonchev–Trinajstić information content (AvgIpc) is 2.43. The molecule has 100 valence electrons. The summed E-state index contributed by atoms with van der Waals surface area (Å²) in [4.78, 5) is 4.36. The number of benzene rings is 1. The molecule has 0 spiro atoms. The molecule has 0 unspecified atom stereocenters. The van der Waals surface area contributed by atoms with E-state index in [0.29, 0.717) is 28.9 Å². The number of ether oxygens (including phenoxy) is 2. The third-order valence-corrected chi connectivity index (χ3v) is 2.87. The van der Waals surface area contributed by atoms with E-state index in [-0.39, 0.29) is 0 Å². The highest BCUT2D eigenvalue weighted by Crippen LogP contribution is 2.30. The second-order valence-electron chi connectivity index (χ2n) is 3.86. The Morgan fingerprint density at radius 3 is 2.58 bits per heavy atom. The molecule has 2 aromatic rings. The second kappa shape index (κ2) is 6.41. The molecule has 0 radical (unpaired) electrons. The molecule has 1 aromatic carbocycles. The molecule has 0 bridgehead atoms. The van der Waals surface area contributed by atoms with Crippen molar-refractivity contribution >= 4 is 11.6 Å². The molecule has 0 aliphatic carbocycles. The maximum Gasteiger partial charge on any atom is 0.219 e. The van der Waals surface area contributed by atoms with Crippen molar-refractivity contribution in [3.8, 4) is 17.4 Å². The molecular weight excluding hydrogens is 264 g/mol. The summed E-state index contributed by atoms with van der Waals surface area (Å²) in [5, 5.41) is 3.62. The first kappa shape index (κ1) is 13.6. The van der Waals surface area contributed by atoms with Gasteiger partial charge in [-0.05, 0) is 25.2 Å². The number of nitrogens with one attached hydrogen (secondary N) is 1. The van der Waals surface area contributed by atoms with E-state index in [1.165, 1.54) is 0 Å². The van der Waals surface area contributed by atoms with Crippen LogP contribution in [-0.2, 0) is 6.54 Å². The summed E-state index contributed by atoms with van der Waals surface area (Å²) in [6.07, 6.45) is 0. The largest absolute Gasteiger partial charge is 0.493 e. The van der Waals surface area contributed by atoms with E-state index >= 15 is 0 Å². The molecule has 1 N–H and O–H groups in total. The summed E-state index contributed by atoms with van der Waals surface area (Å²) in [6.45, 7) is 0.585. The first-order valence-electron chi connectivity index (χ1n) is 5.85. The number of aromatic nitrogens is 1. The van der Waals surface area contributed by atoms with Gasteiger partial charge in [0.05, 0.1) is 17.8 Å². The Hall–Kier alpha value is -1.78. The SMILES string of the molecule is CNCc1nc(Oc2ccccc2OC)ccc1Cl. The van der Waals surface area contributed by atoms with Crippen LogP contribution in [0, 0.1) is 0 Å². The minimum Gasteiger partial charge on any atom is -0.493 e. The van der Waals surface area contributed by atoms with Crippen LogP contribution in [0.3, 0.4) is 0 Å². The number of halogens is 1. The van der Waals surface area contributed by atoms with Crippen LogP contribution in [0.4, 0.5) is 0 Å². The van der Waals surface area contributed by atoms with Crippen molar-refractivity contribution in [1.82, 2.24) is 10.3 Å². The molecule has 0 atom stereocenters. The predicted molar refractivity (Wildman–Crippen MR) is 75.1 cm³/mol. The van der Waals surface area contributed by atoms with E-state index in [1.54, 1.807) is 19.2 Å². The van der Waals surface area contributed by atoms with Crippen molar-refractivity contribution in [2.24, 2.45) is 0 Å². The van der Waals surface area contributed by atoms with Gasteiger partial charge in [0.15, 0.2) is 11.5 Å². The molecule has 0 amide bonds. The maximum absolute atomic E-state index is 6.05. The van der Waals surface area contributed by atoms with Crippen molar-refractivity contribution < 1.29 is 9.47 Å². The van der Waals surface area contributed by atoms with E-state index in [4.69, 9.17) is 21.1 Å². The van der Waals surface area contributed by atoms with E-state index in [9.17, 15) is 0 Å². The molecule has 0 fully saturated rings. The zero-order chi connectivity index (χ0) is 13.7. The van der Waals surface area contributed by atoms with Crippen LogP contribution in [0.1, 0.15) is 5.69 Å². The summed E-state index contributed by atoms with van der Waals surface area (Å²) >= 11 is 6.05. The van der Waals surface area contributed by atoms with Gasteiger partial charge in [0.25, 0.3) is 0 Å². The zero-order valence-electron chi connectivity index (χ0n) is 10.8. The minimum atomic E-state index is 0.485. The number of nitrogens with zero attached hydrogens (tertiary/aromatic N) is 1. The lowest BCUT2D eigenvalue weighted by Crippen LogP contribution is -2.08. The van der Waals surface area contributed by atoms with Gasteiger partial charge in [-0.25, -0.2) is 4.98 Å². The highest BCUT2D eigenvalue weighted by atomic mass is 35.5. The van der Waals surface area contributed by atoms with Crippen molar-refractivity contribution in [3.63, 3.8) is 0 Å². The lowest BCUT2D eigenvalue weighted by Gasteiger charge is -2.10. The van der Waals surface area contributed by atoms with E-state index in [0.717, 1.165) is 5.69 Å². The van der Waals surface area contributed by atoms with Crippen LogP contribution in [-0.4, -0.2) is 19.1 Å².